The van der Waals surface area contributed by atoms with Gasteiger partial charge >= 0.3 is 0 Å². The Morgan fingerprint density at radius 3 is 2.26 bits per heavy atom. The summed E-state index contributed by atoms with van der Waals surface area (Å²) in [4.78, 5) is 34.0. The van der Waals surface area contributed by atoms with Crippen molar-refractivity contribution in [2.24, 2.45) is 11.3 Å². The summed E-state index contributed by atoms with van der Waals surface area (Å²) in [6.07, 6.45) is 7.43. The molecule has 0 spiro atoms. The van der Waals surface area contributed by atoms with E-state index in [1.54, 1.807) is 17.3 Å². The molecule has 0 aliphatic carbocycles. The number of nitrogens with zero attached hydrogens (tertiary/aromatic N) is 3. The maximum atomic E-state index is 13.3. The molecular formula is C26H35N3O2. The maximum Gasteiger partial charge on any atom is 0.228 e. The van der Waals surface area contributed by atoms with Crippen molar-refractivity contribution in [2.45, 2.75) is 46.0 Å². The Morgan fingerprint density at radius 1 is 1.03 bits per heavy atom. The second-order valence-corrected chi connectivity index (χ2v) is 8.93. The summed E-state index contributed by atoms with van der Waals surface area (Å²) in [5.74, 6) is 0.501. The Hall–Kier alpha value is -2.69. The molecule has 0 atom stereocenters. The lowest BCUT2D eigenvalue weighted by Gasteiger charge is -2.43. The van der Waals surface area contributed by atoms with Crippen LogP contribution in [0.25, 0.3) is 11.1 Å². The third kappa shape index (κ3) is 5.15. The summed E-state index contributed by atoms with van der Waals surface area (Å²) in [6, 6.07) is 12.4. The average molecular weight is 422 g/mol. The van der Waals surface area contributed by atoms with Crippen molar-refractivity contribution in [1.29, 1.82) is 0 Å². The zero-order chi connectivity index (χ0) is 22.4. The summed E-state index contributed by atoms with van der Waals surface area (Å²) in [6.45, 7) is 5.45. The molecule has 1 aromatic heterocycles. The molecule has 1 fully saturated rings. The molecule has 2 heterocycles. The largest absolute Gasteiger partial charge is 0.348 e. The van der Waals surface area contributed by atoms with Crippen LogP contribution < -0.4 is 0 Å². The third-order valence-electron chi connectivity index (χ3n) is 6.71. The Labute approximate surface area is 186 Å². The van der Waals surface area contributed by atoms with Gasteiger partial charge in [-0.25, -0.2) is 0 Å². The van der Waals surface area contributed by atoms with Crippen molar-refractivity contribution in [3.8, 4) is 11.1 Å². The summed E-state index contributed by atoms with van der Waals surface area (Å²) in [5, 5.41) is 0. The molecule has 1 aliphatic heterocycles. The molecule has 2 aromatic rings. The Kier molecular flexibility index (Phi) is 7.47. The molecule has 0 radical (unpaired) electrons. The third-order valence-corrected chi connectivity index (χ3v) is 6.71. The van der Waals surface area contributed by atoms with Crippen LogP contribution in [0.5, 0.6) is 0 Å². The van der Waals surface area contributed by atoms with E-state index >= 15 is 0 Å². The molecule has 0 unspecified atom stereocenters. The Balaban J connectivity index is 1.82. The van der Waals surface area contributed by atoms with Gasteiger partial charge in [-0.1, -0.05) is 38.1 Å². The predicted molar refractivity (Wildman–Crippen MR) is 124 cm³/mol. The molecule has 5 heteroatoms. The molecule has 2 amide bonds. The van der Waals surface area contributed by atoms with E-state index < -0.39 is 5.41 Å². The highest BCUT2D eigenvalue weighted by Gasteiger charge is 2.43. The highest BCUT2D eigenvalue weighted by atomic mass is 16.2. The number of rotatable bonds is 7. The second kappa shape index (κ2) is 10.1. The Morgan fingerprint density at radius 2 is 1.68 bits per heavy atom. The molecule has 1 aromatic carbocycles. The maximum absolute atomic E-state index is 13.3. The van der Waals surface area contributed by atoms with Crippen LogP contribution in [0.15, 0.2) is 48.8 Å². The zero-order valence-corrected chi connectivity index (χ0v) is 19.3. The standard InChI is InChI=1S/C26H35N3O2/c1-5-21(6-2)24(30)29-16-12-26(13-17-29,25(31)28(3)4)19-20-8-7-9-23(18-20)22-10-14-27-15-11-22/h7-11,14-15,18,21H,5-6,12-13,16-17,19H2,1-4H3. The van der Waals surface area contributed by atoms with Crippen LogP contribution in [0.1, 0.15) is 45.1 Å². The lowest BCUT2D eigenvalue weighted by atomic mass is 9.72. The minimum absolute atomic E-state index is 0.0918. The van der Waals surface area contributed by atoms with Crippen molar-refractivity contribution in [3.05, 3.63) is 54.4 Å². The van der Waals surface area contributed by atoms with Crippen molar-refractivity contribution in [2.75, 3.05) is 27.2 Å². The number of carbonyl (C=O) groups is 2. The van der Waals surface area contributed by atoms with E-state index in [1.807, 2.05) is 31.1 Å². The molecule has 0 N–H and O–H groups in total. The smallest absolute Gasteiger partial charge is 0.228 e. The van der Waals surface area contributed by atoms with Crippen LogP contribution in [0.3, 0.4) is 0 Å². The van der Waals surface area contributed by atoms with E-state index in [9.17, 15) is 9.59 Å². The van der Waals surface area contributed by atoms with Gasteiger partial charge in [0.05, 0.1) is 5.41 Å². The van der Waals surface area contributed by atoms with Crippen LogP contribution in [-0.2, 0) is 16.0 Å². The monoisotopic (exact) mass is 421 g/mol. The van der Waals surface area contributed by atoms with Crippen LogP contribution in [0.2, 0.25) is 0 Å². The first-order chi connectivity index (χ1) is 14.9. The fourth-order valence-corrected chi connectivity index (χ4v) is 4.79. The second-order valence-electron chi connectivity index (χ2n) is 8.93. The topological polar surface area (TPSA) is 53.5 Å². The van der Waals surface area contributed by atoms with Crippen molar-refractivity contribution in [3.63, 3.8) is 0 Å². The van der Waals surface area contributed by atoms with Gasteiger partial charge < -0.3 is 9.80 Å². The van der Waals surface area contributed by atoms with E-state index in [2.05, 4.69) is 43.1 Å². The molecule has 0 bridgehead atoms. The molecule has 3 rings (SSSR count). The zero-order valence-electron chi connectivity index (χ0n) is 19.3. The number of benzene rings is 1. The van der Waals surface area contributed by atoms with Gasteiger partial charge in [-0.15, -0.1) is 0 Å². The van der Waals surface area contributed by atoms with Crippen molar-refractivity contribution in [1.82, 2.24) is 14.8 Å². The van der Waals surface area contributed by atoms with Gasteiger partial charge in [0.25, 0.3) is 0 Å². The van der Waals surface area contributed by atoms with E-state index in [0.29, 0.717) is 32.4 Å². The normalized spacial score (nSPS) is 15.7. The number of pyridine rings is 1. The van der Waals surface area contributed by atoms with Crippen molar-refractivity contribution >= 4 is 11.8 Å². The molecule has 5 nitrogen and oxygen atoms in total. The first-order valence-electron chi connectivity index (χ1n) is 11.4. The molecular weight excluding hydrogens is 386 g/mol. The highest BCUT2D eigenvalue weighted by Crippen LogP contribution is 2.38. The Bertz CT molecular complexity index is 883. The minimum Gasteiger partial charge on any atom is -0.348 e. The fraction of sp³-hybridized carbons (Fsp3) is 0.500. The highest BCUT2D eigenvalue weighted by molar-refractivity contribution is 5.84. The summed E-state index contributed by atoms with van der Waals surface area (Å²) in [7, 11) is 3.67. The lowest BCUT2D eigenvalue weighted by molar-refractivity contribution is -0.147. The first kappa shape index (κ1) is 23.0. The number of aromatic nitrogens is 1. The van der Waals surface area contributed by atoms with Crippen LogP contribution in [-0.4, -0.2) is 53.8 Å². The van der Waals surface area contributed by atoms with Gasteiger partial charge in [-0.3, -0.25) is 14.6 Å². The number of likely N-dealkylation sites (tertiary alicyclic amines) is 1. The van der Waals surface area contributed by atoms with Crippen LogP contribution in [0.4, 0.5) is 0 Å². The number of carbonyl (C=O) groups excluding carboxylic acids is 2. The van der Waals surface area contributed by atoms with Crippen LogP contribution in [0, 0.1) is 11.3 Å². The van der Waals surface area contributed by atoms with E-state index in [4.69, 9.17) is 0 Å². The lowest BCUT2D eigenvalue weighted by Crippen LogP contribution is -2.51. The molecule has 1 saturated heterocycles. The fourth-order valence-electron chi connectivity index (χ4n) is 4.79. The van der Waals surface area contributed by atoms with Gasteiger partial charge in [0.15, 0.2) is 0 Å². The van der Waals surface area contributed by atoms with Gasteiger partial charge in [0.1, 0.15) is 0 Å². The molecule has 0 saturated carbocycles. The molecule has 166 valence electrons. The summed E-state index contributed by atoms with van der Waals surface area (Å²) >= 11 is 0. The first-order valence-corrected chi connectivity index (χ1v) is 11.4. The van der Waals surface area contributed by atoms with Gasteiger partial charge in [0, 0.05) is 45.5 Å². The minimum atomic E-state index is -0.467. The number of piperidine rings is 1. The van der Waals surface area contributed by atoms with Gasteiger partial charge in [-0.2, -0.15) is 0 Å². The average Bonchev–Trinajstić information content (AvgIpc) is 2.80. The molecule has 31 heavy (non-hydrogen) atoms. The number of hydrogen-bond donors (Lipinski definition) is 0. The van der Waals surface area contributed by atoms with Gasteiger partial charge in [0.2, 0.25) is 11.8 Å². The summed E-state index contributed by atoms with van der Waals surface area (Å²) in [5.41, 5.74) is 2.94. The summed E-state index contributed by atoms with van der Waals surface area (Å²) < 4.78 is 0. The van der Waals surface area contributed by atoms with E-state index in [1.165, 1.54) is 0 Å². The van der Waals surface area contributed by atoms with Crippen molar-refractivity contribution < 1.29 is 9.59 Å². The predicted octanol–water partition coefficient (Wildman–Crippen LogP) is 4.42. The van der Waals surface area contributed by atoms with E-state index in [-0.39, 0.29) is 17.7 Å². The van der Waals surface area contributed by atoms with Crippen LogP contribution >= 0.6 is 0 Å². The van der Waals surface area contributed by atoms with E-state index in [0.717, 1.165) is 29.5 Å². The number of hydrogen-bond acceptors (Lipinski definition) is 3. The van der Waals surface area contributed by atoms with Gasteiger partial charge in [-0.05, 0) is 60.9 Å². The SMILES string of the molecule is CCC(CC)C(=O)N1CCC(Cc2cccc(-c3ccncc3)c2)(C(=O)N(C)C)CC1. The quantitative estimate of drug-likeness (QED) is 0.665. The number of amides is 2. The molecule has 1 aliphatic rings.